The maximum atomic E-state index is 2.70. The molecule has 8 aliphatic rings. The van der Waals surface area contributed by atoms with Crippen molar-refractivity contribution in [2.75, 3.05) is 0 Å². The molecule has 1 spiro atoms. The second-order valence-corrected chi connectivity index (χ2v) is 23.3. The van der Waals surface area contributed by atoms with E-state index >= 15 is 0 Å². The third-order valence-corrected chi connectivity index (χ3v) is 19.2. The van der Waals surface area contributed by atoms with Crippen molar-refractivity contribution in [1.82, 2.24) is 0 Å². The molecule has 0 heterocycles. The Labute approximate surface area is 300 Å². The van der Waals surface area contributed by atoms with Crippen LogP contribution in [0, 0.1) is 135 Å². The first-order valence-corrected chi connectivity index (χ1v) is 22.8. The van der Waals surface area contributed by atoms with Crippen LogP contribution >= 0.6 is 0 Å². The normalized spacial score (nSPS) is 52.9. The first-order valence-electron chi connectivity index (χ1n) is 22.8. The lowest BCUT2D eigenvalue weighted by Crippen LogP contribution is -2.68. The summed E-state index contributed by atoms with van der Waals surface area (Å²) in [4.78, 5) is 0. The van der Waals surface area contributed by atoms with E-state index in [-0.39, 0.29) is 0 Å². The zero-order valence-electron chi connectivity index (χ0n) is 34.0. The minimum atomic E-state index is 0.462. The summed E-state index contributed by atoms with van der Waals surface area (Å²) >= 11 is 0. The molecule has 8 aliphatic carbocycles. The summed E-state index contributed by atoms with van der Waals surface area (Å²) in [5.74, 6) is 21.1. The van der Waals surface area contributed by atoms with Gasteiger partial charge in [-0.25, -0.2) is 0 Å². The second kappa shape index (κ2) is 12.6. The van der Waals surface area contributed by atoms with Gasteiger partial charge in [-0.2, -0.15) is 0 Å². The molecule has 274 valence electrons. The van der Waals surface area contributed by atoms with Crippen LogP contribution in [-0.2, 0) is 0 Å². The van der Waals surface area contributed by atoms with Crippen LogP contribution in [-0.4, -0.2) is 0 Å². The monoisotopic (exact) mass is 659 g/mol. The lowest BCUT2D eigenvalue weighted by atomic mass is 9.32. The average Bonchev–Trinajstić information content (AvgIpc) is 3.53. The van der Waals surface area contributed by atoms with Gasteiger partial charge in [0.2, 0.25) is 0 Å². The highest BCUT2D eigenvalue weighted by atomic mass is 14.8. The fourth-order valence-corrected chi connectivity index (χ4v) is 19.1. The zero-order chi connectivity index (χ0) is 34.0. The van der Waals surface area contributed by atoms with Crippen LogP contribution in [0.25, 0.3) is 0 Å². The molecule has 8 saturated carbocycles. The average molecular weight is 659 g/mol. The quantitative estimate of drug-likeness (QED) is 0.276. The van der Waals surface area contributed by atoms with Gasteiger partial charge in [-0.1, -0.05) is 102 Å². The summed E-state index contributed by atoms with van der Waals surface area (Å²) in [6.07, 6.45) is 22.2. The molecule has 0 N–H and O–H groups in total. The topological polar surface area (TPSA) is 0 Å². The van der Waals surface area contributed by atoms with Gasteiger partial charge in [-0.05, 0) is 199 Å². The third-order valence-electron chi connectivity index (χ3n) is 19.2. The van der Waals surface area contributed by atoms with Crippen LogP contribution in [0.3, 0.4) is 0 Å². The fraction of sp³-hybridized carbons (Fsp3) is 1.00. The van der Waals surface area contributed by atoms with Crippen LogP contribution in [0.2, 0.25) is 0 Å². The summed E-state index contributed by atoms with van der Waals surface area (Å²) in [5, 5.41) is 0. The molecule has 16 unspecified atom stereocenters. The highest BCUT2D eigenvalue weighted by molar-refractivity contribution is 5.26. The van der Waals surface area contributed by atoms with Gasteiger partial charge in [0.1, 0.15) is 0 Å². The van der Waals surface area contributed by atoms with Gasteiger partial charge in [-0.15, -0.1) is 0 Å². The SMILES string of the molecule is CC(C)CC1CCCC2C1CCC1CC3C(CCC4C3C3CC(C(C)(C)C)C5CCCCC5C3C43C(C(C)C)C(C(C)C)C3C(C)C)C12. The van der Waals surface area contributed by atoms with Crippen LogP contribution in [0.5, 0.6) is 0 Å². The van der Waals surface area contributed by atoms with Gasteiger partial charge < -0.3 is 0 Å². The first kappa shape index (κ1) is 35.1. The number of rotatable bonds is 5. The maximum Gasteiger partial charge on any atom is -0.0165 e. The smallest absolute Gasteiger partial charge is 0.0165 e. The van der Waals surface area contributed by atoms with Crippen molar-refractivity contribution in [2.45, 2.75) is 166 Å². The zero-order valence-corrected chi connectivity index (χ0v) is 34.0. The van der Waals surface area contributed by atoms with Gasteiger partial charge in [-0.3, -0.25) is 0 Å². The van der Waals surface area contributed by atoms with E-state index in [1.807, 2.05) is 0 Å². The molecule has 8 fully saturated rings. The second-order valence-electron chi connectivity index (χ2n) is 23.3. The molecular formula is C48H82. The van der Waals surface area contributed by atoms with Gasteiger partial charge in [0.05, 0.1) is 0 Å². The summed E-state index contributed by atoms with van der Waals surface area (Å²) < 4.78 is 0. The van der Waals surface area contributed by atoms with Gasteiger partial charge in [0.25, 0.3) is 0 Å². The summed E-state index contributed by atoms with van der Waals surface area (Å²) in [6, 6.07) is 0. The van der Waals surface area contributed by atoms with Crippen molar-refractivity contribution in [3.63, 3.8) is 0 Å². The van der Waals surface area contributed by atoms with Crippen molar-refractivity contribution in [3.8, 4) is 0 Å². The van der Waals surface area contributed by atoms with Crippen LogP contribution < -0.4 is 0 Å². The van der Waals surface area contributed by atoms with Crippen molar-refractivity contribution < 1.29 is 0 Å². The van der Waals surface area contributed by atoms with Gasteiger partial charge in [0.15, 0.2) is 0 Å². The van der Waals surface area contributed by atoms with Crippen molar-refractivity contribution in [1.29, 1.82) is 0 Å². The minimum Gasteiger partial charge on any atom is -0.0628 e. The highest BCUT2D eigenvalue weighted by Crippen LogP contribution is 2.83. The van der Waals surface area contributed by atoms with E-state index < -0.39 is 0 Å². The van der Waals surface area contributed by atoms with E-state index in [0.29, 0.717) is 10.8 Å². The molecule has 0 aromatic heterocycles. The Hall–Kier alpha value is 0. The Morgan fingerprint density at radius 3 is 1.79 bits per heavy atom. The van der Waals surface area contributed by atoms with E-state index in [2.05, 4.69) is 76.2 Å². The molecule has 0 radical (unpaired) electrons. The Kier molecular flexibility index (Phi) is 9.17. The Morgan fingerprint density at radius 1 is 0.542 bits per heavy atom. The van der Waals surface area contributed by atoms with Crippen LogP contribution in [0.4, 0.5) is 0 Å². The molecular weight excluding hydrogens is 577 g/mol. The minimum absolute atomic E-state index is 0.462. The lowest BCUT2D eigenvalue weighted by Gasteiger charge is -2.72. The molecule has 48 heavy (non-hydrogen) atoms. The van der Waals surface area contributed by atoms with Crippen molar-refractivity contribution in [3.05, 3.63) is 0 Å². The van der Waals surface area contributed by atoms with Gasteiger partial charge >= 0.3 is 0 Å². The predicted octanol–water partition coefficient (Wildman–Crippen LogP) is 13.7. The molecule has 0 nitrogen and oxygen atoms in total. The number of fused-ring (bicyclic) bond motifs is 13. The van der Waals surface area contributed by atoms with E-state index in [9.17, 15) is 0 Å². The summed E-state index contributed by atoms with van der Waals surface area (Å²) in [5.41, 5.74) is 1.11. The highest BCUT2D eigenvalue weighted by Gasteiger charge is 2.78. The van der Waals surface area contributed by atoms with Crippen molar-refractivity contribution >= 4 is 0 Å². The molecule has 0 amide bonds. The fourth-order valence-electron chi connectivity index (χ4n) is 19.1. The molecule has 16 atom stereocenters. The van der Waals surface area contributed by atoms with Crippen molar-refractivity contribution in [2.24, 2.45) is 135 Å². The van der Waals surface area contributed by atoms with Crippen LogP contribution in [0.15, 0.2) is 0 Å². The molecule has 0 aromatic carbocycles. The molecule has 8 rings (SSSR count). The number of hydrogen-bond donors (Lipinski definition) is 0. The van der Waals surface area contributed by atoms with Crippen LogP contribution in [0.1, 0.15) is 166 Å². The Bertz CT molecular complexity index is 1120. The Morgan fingerprint density at radius 2 is 1.17 bits per heavy atom. The number of hydrogen-bond acceptors (Lipinski definition) is 0. The molecule has 0 heteroatoms. The molecule has 0 bridgehead atoms. The largest absolute Gasteiger partial charge is 0.0628 e. The van der Waals surface area contributed by atoms with E-state index in [0.717, 1.165) is 124 Å². The molecule has 0 saturated heterocycles. The first-order chi connectivity index (χ1) is 22.8. The Balaban J connectivity index is 1.22. The molecule has 0 aromatic rings. The van der Waals surface area contributed by atoms with Gasteiger partial charge in [0, 0.05) is 0 Å². The van der Waals surface area contributed by atoms with E-state index in [1.165, 1.54) is 19.3 Å². The summed E-state index contributed by atoms with van der Waals surface area (Å²) in [6.45, 7) is 29.1. The predicted molar refractivity (Wildman–Crippen MR) is 205 cm³/mol. The maximum absolute atomic E-state index is 2.70. The van der Waals surface area contributed by atoms with E-state index in [4.69, 9.17) is 0 Å². The van der Waals surface area contributed by atoms with E-state index in [1.54, 1.807) is 70.6 Å². The lowest BCUT2D eigenvalue weighted by molar-refractivity contribution is -0.256. The standard InChI is InChI=1S/C48H82/c1-26(2)23-30-15-14-18-34-32(30)20-19-31-24-37-35(42(31)34)21-22-39-43(37)38-25-40(47(9,10)11)33-16-12-13-17-36(33)46(38)48(39)44(28(5)6)41(27(3)4)45(48)29(7)8/h26-46H,12-25H2,1-11H3. The molecule has 0 aliphatic heterocycles. The summed E-state index contributed by atoms with van der Waals surface area (Å²) in [7, 11) is 0. The third kappa shape index (κ3) is 4.96.